The molecule has 0 fully saturated rings. The van der Waals surface area contributed by atoms with Gasteiger partial charge in [-0.3, -0.25) is 4.98 Å². The fraction of sp³-hybridized carbons (Fsp3) is 0.0714. The second-order valence-corrected chi connectivity index (χ2v) is 4.02. The Morgan fingerprint density at radius 2 is 1.68 bits per heavy atom. The Kier molecular flexibility index (Phi) is 3.56. The average Bonchev–Trinajstić information content (AvgIpc) is 2.46. The maximum Gasteiger partial charge on any atom is 0.118 e. The first-order valence-corrected chi connectivity index (χ1v) is 5.73. The third-order valence-electron chi connectivity index (χ3n) is 2.82. The predicted molar refractivity (Wildman–Crippen MR) is 75.0 cm³/mol. The summed E-state index contributed by atoms with van der Waals surface area (Å²) in [7, 11) is 1.62. The molecule has 5 nitrogen and oxygen atoms in total. The second-order valence-electron chi connectivity index (χ2n) is 4.02. The summed E-state index contributed by atoms with van der Waals surface area (Å²) in [4.78, 5) is 4.06. The summed E-state index contributed by atoms with van der Waals surface area (Å²) < 4.78 is 5.11. The Bertz CT molecular complexity index is 688. The molecular weight excluding hydrogens is 240 g/mol. The van der Waals surface area contributed by atoms with Crippen LogP contribution in [0.2, 0.25) is 0 Å². The molecule has 0 unspecified atom stereocenters. The Balaban J connectivity index is 2.68. The van der Waals surface area contributed by atoms with Gasteiger partial charge >= 0.3 is 0 Å². The SMILES string of the molecule is COc1ccc(/C(N)=c2\cnccc2=C(N)N)cc1. The van der Waals surface area contributed by atoms with Crippen molar-refractivity contribution in [3.05, 3.63) is 58.7 Å². The van der Waals surface area contributed by atoms with E-state index >= 15 is 0 Å². The Labute approximate surface area is 111 Å². The molecule has 0 amide bonds. The molecule has 5 heteroatoms. The van der Waals surface area contributed by atoms with Gasteiger partial charge in [-0.25, -0.2) is 0 Å². The van der Waals surface area contributed by atoms with Crippen molar-refractivity contribution in [1.29, 1.82) is 0 Å². The number of nitrogens with zero attached hydrogens (tertiary/aromatic N) is 1. The van der Waals surface area contributed by atoms with Gasteiger partial charge in [-0.15, -0.1) is 0 Å². The van der Waals surface area contributed by atoms with Gasteiger partial charge in [0.25, 0.3) is 0 Å². The minimum absolute atomic E-state index is 0.217. The Hall–Kier alpha value is -2.69. The van der Waals surface area contributed by atoms with Crippen LogP contribution in [0.15, 0.2) is 42.7 Å². The molecule has 19 heavy (non-hydrogen) atoms. The molecule has 1 aromatic carbocycles. The van der Waals surface area contributed by atoms with E-state index in [1.165, 1.54) is 0 Å². The number of pyridine rings is 1. The molecule has 0 spiro atoms. The number of nitrogens with two attached hydrogens (primary N) is 3. The van der Waals surface area contributed by atoms with Gasteiger partial charge in [0.15, 0.2) is 0 Å². The molecule has 1 heterocycles. The zero-order chi connectivity index (χ0) is 13.8. The first-order chi connectivity index (χ1) is 9.13. The van der Waals surface area contributed by atoms with Gasteiger partial charge in [0.2, 0.25) is 0 Å². The van der Waals surface area contributed by atoms with Crippen LogP contribution in [-0.2, 0) is 0 Å². The Morgan fingerprint density at radius 1 is 1.00 bits per heavy atom. The highest BCUT2D eigenvalue weighted by Crippen LogP contribution is 2.13. The molecule has 0 radical (unpaired) electrons. The molecule has 2 rings (SSSR count). The lowest BCUT2D eigenvalue weighted by atomic mass is 10.1. The molecule has 0 aliphatic rings. The predicted octanol–water partition coefficient (Wildman–Crippen LogP) is -0.811. The van der Waals surface area contributed by atoms with E-state index in [9.17, 15) is 0 Å². The lowest BCUT2D eigenvalue weighted by Crippen LogP contribution is -2.36. The van der Waals surface area contributed by atoms with E-state index in [4.69, 9.17) is 21.9 Å². The molecule has 2 aromatic rings. The standard InChI is InChI=1S/C14H16N4O/c1-19-10-4-2-9(3-5-10)13(15)12-8-18-7-6-11(12)14(16)17/h2-8H,15-17H2,1H3/b13-12-. The van der Waals surface area contributed by atoms with Crippen LogP contribution in [-0.4, -0.2) is 12.1 Å². The quantitative estimate of drug-likeness (QED) is 0.652. The van der Waals surface area contributed by atoms with E-state index in [0.29, 0.717) is 16.1 Å². The van der Waals surface area contributed by atoms with Crippen molar-refractivity contribution in [2.45, 2.75) is 0 Å². The van der Waals surface area contributed by atoms with Gasteiger partial charge in [-0.1, -0.05) is 0 Å². The van der Waals surface area contributed by atoms with Crippen molar-refractivity contribution in [3.63, 3.8) is 0 Å². The molecule has 0 saturated heterocycles. The molecule has 0 bridgehead atoms. The number of benzene rings is 1. The fourth-order valence-corrected chi connectivity index (χ4v) is 1.79. The van der Waals surface area contributed by atoms with E-state index in [1.807, 2.05) is 24.3 Å². The summed E-state index contributed by atoms with van der Waals surface area (Å²) in [5, 5.41) is 1.40. The van der Waals surface area contributed by atoms with Crippen LogP contribution >= 0.6 is 0 Å². The molecule has 0 atom stereocenters. The van der Waals surface area contributed by atoms with Crippen molar-refractivity contribution in [2.24, 2.45) is 17.2 Å². The highest BCUT2D eigenvalue weighted by molar-refractivity contribution is 5.63. The van der Waals surface area contributed by atoms with Crippen molar-refractivity contribution < 1.29 is 4.74 Å². The summed E-state index contributed by atoms with van der Waals surface area (Å²) in [5.41, 5.74) is 18.9. The first-order valence-electron chi connectivity index (χ1n) is 5.73. The molecular formula is C14H16N4O. The van der Waals surface area contributed by atoms with E-state index in [-0.39, 0.29) is 5.82 Å². The molecule has 98 valence electrons. The van der Waals surface area contributed by atoms with Gasteiger partial charge in [0.1, 0.15) is 11.6 Å². The monoisotopic (exact) mass is 256 g/mol. The van der Waals surface area contributed by atoms with Crippen LogP contribution in [0, 0.1) is 0 Å². The van der Waals surface area contributed by atoms with E-state index in [2.05, 4.69) is 4.98 Å². The molecule has 0 aliphatic heterocycles. The Morgan fingerprint density at radius 3 is 2.26 bits per heavy atom. The normalized spacial score (nSPS) is 11.8. The second kappa shape index (κ2) is 5.30. The molecule has 0 saturated carbocycles. The maximum atomic E-state index is 6.16. The fourth-order valence-electron chi connectivity index (χ4n) is 1.79. The number of aromatic nitrogens is 1. The molecule has 6 N–H and O–H groups in total. The molecule has 1 aromatic heterocycles. The first kappa shape index (κ1) is 12.8. The number of ether oxygens (including phenoxy) is 1. The van der Waals surface area contributed by atoms with Crippen LogP contribution < -0.4 is 32.4 Å². The summed E-state index contributed by atoms with van der Waals surface area (Å²) in [6, 6.07) is 9.16. The number of hydrogen-bond acceptors (Lipinski definition) is 5. The third-order valence-corrected chi connectivity index (χ3v) is 2.82. The average molecular weight is 256 g/mol. The van der Waals surface area contributed by atoms with Crippen LogP contribution in [0.1, 0.15) is 5.56 Å². The molecule has 0 aliphatic carbocycles. The maximum absolute atomic E-state index is 6.16. The van der Waals surface area contributed by atoms with Crippen molar-refractivity contribution in [3.8, 4) is 5.75 Å². The lowest BCUT2D eigenvalue weighted by molar-refractivity contribution is 0.415. The van der Waals surface area contributed by atoms with E-state index < -0.39 is 0 Å². The zero-order valence-electron chi connectivity index (χ0n) is 10.6. The van der Waals surface area contributed by atoms with Crippen LogP contribution in [0.25, 0.3) is 11.5 Å². The third kappa shape index (κ3) is 2.60. The minimum Gasteiger partial charge on any atom is -0.497 e. The van der Waals surface area contributed by atoms with Crippen LogP contribution in [0.3, 0.4) is 0 Å². The lowest BCUT2D eigenvalue weighted by Gasteiger charge is -2.04. The van der Waals surface area contributed by atoms with Crippen molar-refractivity contribution in [1.82, 2.24) is 4.98 Å². The topological polar surface area (TPSA) is 100 Å². The highest BCUT2D eigenvalue weighted by atomic mass is 16.5. The van der Waals surface area contributed by atoms with Gasteiger partial charge in [0.05, 0.1) is 7.11 Å². The number of methoxy groups -OCH3 is 1. The van der Waals surface area contributed by atoms with Gasteiger partial charge in [-0.2, -0.15) is 0 Å². The van der Waals surface area contributed by atoms with Crippen LogP contribution in [0.5, 0.6) is 5.75 Å². The highest BCUT2D eigenvalue weighted by Gasteiger charge is 2.01. The smallest absolute Gasteiger partial charge is 0.118 e. The van der Waals surface area contributed by atoms with E-state index in [0.717, 1.165) is 11.3 Å². The zero-order valence-corrected chi connectivity index (χ0v) is 10.6. The number of hydrogen-bond donors (Lipinski definition) is 3. The van der Waals surface area contributed by atoms with Crippen molar-refractivity contribution >= 4 is 11.5 Å². The summed E-state index contributed by atoms with van der Waals surface area (Å²) >= 11 is 0. The summed E-state index contributed by atoms with van der Waals surface area (Å²) in [5.74, 6) is 0.988. The summed E-state index contributed by atoms with van der Waals surface area (Å²) in [6.07, 6.45) is 3.27. The number of rotatable bonds is 2. The van der Waals surface area contributed by atoms with Gasteiger partial charge < -0.3 is 21.9 Å². The largest absolute Gasteiger partial charge is 0.497 e. The summed E-state index contributed by atoms with van der Waals surface area (Å²) in [6.45, 7) is 0. The van der Waals surface area contributed by atoms with E-state index in [1.54, 1.807) is 25.6 Å². The van der Waals surface area contributed by atoms with Crippen molar-refractivity contribution in [2.75, 3.05) is 7.11 Å². The van der Waals surface area contributed by atoms with Gasteiger partial charge in [0, 0.05) is 28.5 Å². The minimum atomic E-state index is 0.217. The van der Waals surface area contributed by atoms with Crippen LogP contribution in [0.4, 0.5) is 0 Å². The van der Waals surface area contributed by atoms with Gasteiger partial charge in [-0.05, 0) is 35.9 Å².